The van der Waals surface area contributed by atoms with E-state index < -0.39 is 0 Å². The first-order valence-electron chi connectivity index (χ1n) is 6.55. The lowest BCUT2D eigenvalue weighted by Crippen LogP contribution is -2.34. The normalized spacial score (nSPS) is 14.5. The summed E-state index contributed by atoms with van der Waals surface area (Å²) in [5, 5.41) is 7.85. The van der Waals surface area contributed by atoms with Crippen LogP contribution in [-0.4, -0.2) is 36.6 Å². The number of aryl methyl sites for hydroxylation is 1. The zero-order valence-electron chi connectivity index (χ0n) is 12.1. The first-order valence-corrected chi connectivity index (χ1v) is 6.55. The predicted molar refractivity (Wildman–Crippen MR) is 72.0 cm³/mol. The SMILES string of the molecule is CCCNC(c1c(OC)cnn1CC)C(C)OC. The minimum Gasteiger partial charge on any atom is -0.493 e. The van der Waals surface area contributed by atoms with Crippen molar-refractivity contribution < 1.29 is 9.47 Å². The maximum Gasteiger partial charge on any atom is 0.161 e. The third-order valence-corrected chi connectivity index (χ3v) is 3.11. The van der Waals surface area contributed by atoms with Gasteiger partial charge in [-0.15, -0.1) is 0 Å². The highest BCUT2D eigenvalue weighted by molar-refractivity contribution is 5.29. The molecule has 1 heterocycles. The Kier molecular flexibility index (Phi) is 6.15. The van der Waals surface area contributed by atoms with Gasteiger partial charge in [-0.05, 0) is 26.8 Å². The fourth-order valence-corrected chi connectivity index (χ4v) is 2.02. The van der Waals surface area contributed by atoms with Crippen molar-refractivity contribution in [2.75, 3.05) is 20.8 Å². The largest absolute Gasteiger partial charge is 0.493 e. The zero-order valence-corrected chi connectivity index (χ0v) is 12.1. The van der Waals surface area contributed by atoms with Crippen LogP contribution in [0.4, 0.5) is 0 Å². The van der Waals surface area contributed by atoms with Crippen LogP contribution in [0, 0.1) is 0 Å². The number of methoxy groups -OCH3 is 2. The zero-order chi connectivity index (χ0) is 13.5. The van der Waals surface area contributed by atoms with Gasteiger partial charge in [0.1, 0.15) is 0 Å². The molecule has 0 aliphatic heterocycles. The third kappa shape index (κ3) is 3.23. The number of rotatable bonds is 8. The molecule has 0 fully saturated rings. The van der Waals surface area contributed by atoms with Crippen LogP contribution in [-0.2, 0) is 11.3 Å². The molecule has 0 amide bonds. The van der Waals surface area contributed by atoms with Crippen LogP contribution in [0.15, 0.2) is 6.20 Å². The van der Waals surface area contributed by atoms with Crippen LogP contribution >= 0.6 is 0 Å². The highest BCUT2D eigenvalue weighted by Gasteiger charge is 2.26. The molecule has 1 aromatic heterocycles. The molecule has 0 aliphatic rings. The van der Waals surface area contributed by atoms with Gasteiger partial charge in [0.15, 0.2) is 5.75 Å². The number of nitrogens with one attached hydrogen (secondary N) is 1. The molecule has 18 heavy (non-hydrogen) atoms. The minimum absolute atomic E-state index is 0.0625. The van der Waals surface area contributed by atoms with E-state index in [0.29, 0.717) is 0 Å². The molecule has 0 bridgehead atoms. The lowest BCUT2D eigenvalue weighted by molar-refractivity contribution is 0.0790. The van der Waals surface area contributed by atoms with Gasteiger partial charge in [-0.1, -0.05) is 6.92 Å². The van der Waals surface area contributed by atoms with Crippen LogP contribution in [0.25, 0.3) is 0 Å². The molecule has 1 aromatic rings. The van der Waals surface area contributed by atoms with E-state index in [2.05, 4.69) is 31.2 Å². The molecule has 0 saturated heterocycles. The Balaban J connectivity index is 3.05. The van der Waals surface area contributed by atoms with Gasteiger partial charge < -0.3 is 14.8 Å². The lowest BCUT2D eigenvalue weighted by Gasteiger charge is -2.25. The molecule has 0 aliphatic carbocycles. The fourth-order valence-electron chi connectivity index (χ4n) is 2.02. The van der Waals surface area contributed by atoms with Crippen LogP contribution in [0.3, 0.4) is 0 Å². The van der Waals surface area contributed by atoms with E-state index in [1.165, 1.54) is 0 Å². The van der Waals surface area contributed by atoms with Crippen molar-refractivity contribution in [2.24, 2.45) is 0 Å². The van der Waals surface area contributed by atoms with Gasteiger partial charge in [0.05, 0.1) is 31.1 Å². The van der Waals surface area contributed by atoms with Gasteiger partial charge in [-0.25, -0.2) is 0 Å². The summed E-state index contributed by atoms with van der Waals surface area (Å²) in [4.78, 5) is 0. The Morgan fingerprint density at radius 3 is 2.61 bits per heavy atom. The molecule has 0 aromatic carbocycles. The second kappa shape index (κ2) is 7.38. The van der Waals surface area contributed by atoms with E-state index in [1.807, 2.05) is 4.68 Å². The molecular weight excluding hydrogens is 230 g/mol. The van der Waals surface area contributed by atoms with Crippen molar-refractivity contribution in [1.82, 2.24) is 15.1 Å². The first kappa shape index (κ1) is 15.0. The van der Waals surface area contributed by atoms with E-state index in [1.54, 1.807) is 20.4 Å². The summed E-state index contributed by atoms with van der Waals surface area (Å²) in [6.45, 7) is 8.04. The number of hydrogen-bond acceptors (Lipinski definition) is 4. The predicted octanol–water partition coefficient (Wildman–Crippen LogP) is 1.99. The number of hydrogen-bond donors (Lipinski definition) is 1. The minimum atomic E-state index is 0.0625. The standard InChI is InChI=1S/C13H25N3O2/c1-6-8-14-12(10(3)17-4)13-11(18-5)9-15-16(13)7-2/h9-10,12,14H,6-8H2,1-5H3. The Morgan fingerprint density at radius 1 is 1.39 bits per heavy atom. The molecular formula is C13H25N3O2. The van der Waals surface area contributed by atoms with Gasteiger partial charge in [0.25, 0.3) is 0 Å². The Morgan fingerprint density at radius 2 is 2.11 bits per heavy atom. The average Bonchev–Trinajstić information content (AvgIpc) is 2.81. The van der Waals surface area contributed by atoms with Crippen molar-refractivity contribution in [2.45, 2.75) is 45.9 Å². The topological polar surface area (TPSA) is 48.3 Å². The van der Waals surface area contributed by atoms with Gasteiger partial charge in [-0.3, -0.25) is 4.68 Å². The highest BCUT2D eigenvalue weighted by Crippen LogP contribution is 2.28. The molecule has 5 nitrogen and oxygen atoms in total. The smallest absolute Gasteiger partial charge is 0.161 e. The van der Waals surface area contributed by atoms with Crippen molar-refractivity contribution in [3.05, 3.63) is 11.9 Å². The summed E-state index contributed by atoms with van der Waals surface area (Å²) in [6.07, 6.45) is 2.91. The maximum atomic E-state index is 5.47. The van der Waals surface area contributed by atoms with Crippen molar-refractivity contribution >= 4 is 0 Å². The van der Waals surface area contributed by atoms with E-state index in [9.17, 15) is 0 Å². The van der Waals surface area contributed by atoms with Crippen LogP contribution in [0.5, 0.6) is 5.75 Å². The summed E-state index contributed by atoms with van der Waals surface area (Å²) in [5.74, 6) is 0.814. The third-order valence-electron chi connectivity index (χ3n) is 3.11. The van der Waals surface area contributed by atoms with E-state index >= 15 is 0 Å². The van der Waals surface area contributed by atoms with E-state index in [0.717, 1.165) is 31.0 Å². The summed E-state index contributed by atoms with van der Waals surface area (Å²) < 4.78 is 12.8. The molecule has 2 unspecified atom stereocenters. The molecule has 1 rings (SSSR count). The summed E-state index contributed by atoms with van der Waals surface area (Å²) >= 11 is 0. The van der Waals surface area contributed by atoms with Gasteiger partial charge >= 0.3 is 0 Å². The molecule has 0 radical (unpaired) electrons. The van der Waals surface area contributed by atoms with Crippen LogP contribution in [0.1, 0.15) is 38.9 Å². The molecule has 2 atom stereocenters. The van der Waals surface area contributed by atoms with Crippen molar-refractivity contribution in [1.29, 1.82) is 0 Å². The average molecular weight is 255 g/mol. The molecule has 0 saturated carbocycles. The number of ether oxygens (including phenoxy) is 2. The molecule has 0 spiro atoms. The van der Waals surface area contributed by atoms with Crippen molar-refractivity contribution in [3.8, 4) is 5.75 Å². The molecule has 1 N–H and O–H groups in total. The highest BCUT2D eigenvalue weighted by atomic mass is 16.5. The Hall–Kier alpha value is -1.07. The summed E-state index contributed by atoms with van der Waals surface area (Å²) in [7, 11) is 3.40. The van der Waals surface area contributed by atoms with Gasteiger partial charge in [0.2, 0.25) is 0 Å². The van der Waals surface area contributed by atoms with Crippen LogP contribution in [0.2, 0.25) is 0 Å². The quantitative estimate of drug-likeness (QED) is 0.771. The number of aromatic nitrogens is 2. The summed E-state index contributed by atoms with van der Waals surface area (Å²) in [6, 6.07) is 0.0901. The lowest BCUT2D eigenvalue weighted by atomic mass is 10.1. The van der Waals surface area contributed by atoms with Gasteiger partial charge in [-0.2, -0.15) is 5.10 Å². The second-order valence-electron chi connectivity index (χ2n) is 4.29. The summed E-state index contributed by atoms with van der Waals surface area (Å²) in [5.41, 5.74) is 1.06. The monoisotopic (exact) mass is 255 g/mol. The molecule has 5 heteroatoms. The second-order valence-corrected chi connectivity index (χ2v) is 4.29. The van der Waals surface area contributed by atoms with Crippen LogP contribution < -0.4 is 10.1 Å². The number of nitrogens with zero attached hydrogens (tertiary/aromatic N) is 2. The maximum absolute atomic E-state index is 5.47. The Bertz CT molecular complexity index is 331. The van der Waals surface area contributed by atoms with E-state index in [4.69, 9.17) is 9.47 Å². The Labute approximate surface area is 109 Å². The van der Waals surface area contributed by atoms with E-state index in [-0.39, 0.29) is 12.1 Å². The molecule has 104 valence electrons. The van der Waals surface area contributed by atoms with Crippen molar-refractivity contribution in [3.63, 3.8) is 0 Å². The fraction of sp³-hybridized carbons (Fsp3) is 0.769. The first-order chi connectivity index (χ1) is 8.69. The van der Waals surface area contributed by atoms with Gasteiger partial charge in [0, 0.05) is 13.7 Å².